The van der Waals surface area contributed by atoms with E-state index >= 15 is 0 Å². The normalized spacial score (nSPS) is 17.7. The molecule has 1 aliphatic heterocycles. The standard InChI is InChI=1S/C16H17FN6O/c17-12-3-1-11(2-4-12)9-19-13-5-7-22(10-13)14-15-20-21-16(24)23(15)8-6-18-14/h1-4,6,8,13,19H,5,7,9-10H2,(H,21,24)/t13-/m0/s1. The Morgan fingerprint density at radius 3 is 3.00 bits per heavy atom. The smallest absolute Gasteiger partial charge is 0.347 e. The number of fused-ring (bicyclic) bond motifs is 1. The summed E-state index contributed by atoms with van der Waals surface area (Å²) in [6.45, 7) is 2.32. The molecule has 7 nitrogen and oxygen atoms in total. The molecule has 0 radical (unpaired) electrons. The number of H-pyrrole nitrogens is 1. The third-order valence-electron chi connectivity index (χ3n) is 4.31. The van der Waals surface area contributed by atoms with E-state index in [1.54, 1.807) is 24.5 Å². The molecule has 3 aromatic rings. The van der Waals surface area contributed by atoms with Crippen LogP contribution in [0.25, 0.3) is 5.65 Å². The zero-order valence-electron chi connectivity index (χ0n) is 12.9. The van der Waals surface area contributed by atoms with Crippen molar-refractivity contribution in [1.29, 1.82) is 0 Å². The zero-order chi connectivity index (χ0) is 16.5. The predicted molar refractivity (Wildman–Crippen MR) is 87.5 cm³/mol. The van der Waals surface area contributed by atoms with Gasteiger partial charge in [0.2, 0.25) is 5.65 Å². The maximum Gasteiger partial charge on any atom is 0.347 e. The second-order valence-corrected chi connectivity index (χ2v) is 5.91. The van der Waals surface area contributed by atoms with Gasteiger partial charge in [-0.25, -0.2) is 23.7 Å². The molecule has 2 N–H and O–H groups in total. The summed E-state index contributed by atoms with van der Waals surface area (Å²) >= 11 is 0. The minimum absolute atomic E-state index is 0.223. The van der Waals surface area contributed by atoms with Gasteiger partial charge in [0.1, 0.15) is 5.82 Å². The van der Waals surface area contributed by atoms with E-state index in [0.717, 1.165) is 25.1 Å². The first-order valence-electron chi connectivity index (χ1n) is 7.85. The number of nitrogens with one attached hydrogen (secondary N) is 2. The molecule has 1 atom stereocenters. The molecular weight excluding hydrogens is 311 g/mol. The largest absolute Gasteiger partial charge is 0.352 e. The van der Waals surface area contributed by atoms with Gasteiger partial charge < -0.3 is 10.2 Å². The summed E-state index contributed by atoms with van der Waals surface area (Å²) in [4.78, 5) is 18.2. The lowest BCUT2D eigenvalue weighted by Crippen LogP contribution is -2.32. The fourth-order valence-corrected chi connectivity index (χ4v) is 3.04. The molecule has 1 saturated heterocycles. The lowest BCUT2D eigenvalue weighted by atomic mass is 10.2. The van der Waals surface area contributed by atoms with E-state index in [1.165, 1.54) is 16.5 Å². The Hall–Kier alpha value is -2.74. The van der Waals surface area contributed by atoms with Crippen LogP contribution in [0.2, 0.25) is 0 Å². The topological polar surface area (TPSA) is 78.3 Å². The van der Waals surface area contributed by atoms with E-state index in [4.69, 9.17) is 0 Å². The van der Waals surface area contributed by atoms with Gasteiger partial charge in [-0.05, 0) is 24.1 Å². The highest BCUT2D eigenvalue weighted by Crippen LogP contribution is 2.21. The lowest BCUT2D eigenvalue weighted by Gasteiger charge is -2.18. The molecule has 4 rings (SSSR count). The Labute approximate surface area is 137 Å². The number of aromatic nitrogens is 4. The first kappa shape index (κ1) is 14.8. The molecule has 0 spiro atoms. The number of nitrogens with zero attached hydrogens (tertiary/aromatic N) is 4. The summed E-state index contributed by atoms with van der Waals surface area (Å²) in [5.74, 6) is 0.487. The fraction of sp³-hybridized carbons (Fsp3) is 0.312. The molecule has 124 valence electrons. The molecule has 8 heteroatoms. The van der Waals surface area contributed by atoms with Crippen molar-refractivity contribution in [3.05, 3.63) is 58.5 Å². The molecule has 3 heterocycles. The summed E-state index contributed by atoms with van der Waals surface area (Å²) < 4.78 is 14.4. The second kappa shape index (κ2) is 6.04. The first-order valence-corrected chi connectivity index (χ1v) is 7.85. The van der Waals surface area contributed by atoms with Crippen LogP contribution >= 0.6 is 0 Å². The maximum atomic E-state index is 12.9. The molecule has 0 amide bonds. The molecule has 1 aliphatic rings. The summed E-state index contributed by atoms with van der Waals surface area (Å²) in [6, 6.07) is 6.82. The molecule has 24 heavy (non-hydrogen) atoms. The predicted octanol–water partition coefficient (Wildman–Crippen LogP) is 0.925. The van der Waals surface area contributed by atoms with Crippen molar-refractivity contribution >= 4 is 11.5 Å². The fourth-order valence-electron chi connectivity index (χ4n) is 3.04. The van der Waals surface area contributed by atoms with Crippen molar-refractivity contribution in [3.8, 4) is 0 Å². The number of hydrogen-bond donors (Lipinski definition) is 2. The lowest BCUT2D eigenvalue weighted by molar-refractivity contribution is 0.550. The van der Waals surface area contributed by atoms with Crippen LogP contribution in [0.3, 0.4) is 0 Å². The Morgan fingerprint density at radius 2 is 2.17 bits per heavy atom. The van der Waals surface area contributed by atoms with Crippen LogP contribution in [0.4, 0.5) is 10.2 Å². The van der Waals surface area contributed by atoms with Gasteiger partial charge in [0.05, 0.1) is 0 Å². The number of hydrogen-bond acceptors (Lipinski definition) is 5. The molecule has 0 aliphatic carbocycles. The molecule has 0 bridgehead atoms. The molecule has 0 saturated carbocycles. The first-order chi connectivity index (χ1) is 11.7. The van der Waals surface area contributed by atoms with Crippen molar-refractivity contribution in [2.45, 2.75) is 19.0 Å². The van der Waals surface area contributed by atoms with Crippen molar-refractivity contribution in [2.24, 2.45) is 0 Å². The van der Waals surface area contributed by atoms with Crippen molar-refractivity contribution in [1.82, 2.24) is 24.9 Å². The number of aromatic amines is 1. The van der Waals surface area contributed by atoms with Crippen LogP contribution in [0, 0.1) is 5.82 Å². The third-order valence-corrected chi connectivity index (χ3v) is 4.31. The van der Waals surface area contributed by atoms with Crippen LogP contribution in [0.15, 0.2) is 41.5 Å². The van der Waals surface area contributed by atoms with Crippen molar-refractivity contribution in [3.63, 3.8) is 0 Å². The van der Waals surface area contributed by atoms with E-state index in [-0.39, 0.29) is 11.5 Å². The zero-order valence-corrected chi connectivity index (χ0v) is 12.9. The molecular formula is C16H17FN6O. The number of anilines is 1. The molecule has 1 aromatic carbocycles. The highest BCUT2D eigenvalue weighted by atomic mass is 19.1. The SMILES string of the molecule is O=c1[nH]nc2c(N3CC[C@H](NCc4ccc(F)cc4)C3)nccn12. The Balaban J connectivity index is 1.44. The van der Waals surface area contributed by atoms with E-state index in [9.17, 15) is 9.18 Å². The Morgan fingerprint density at radius 1 is 1.33 bits per heavy atom. The van der Waals surface area contributed by atoms with Crippen LogP contribution in [0.1, 0.15) is 12.0 Å². The third kappa shape index (κ3) is 2.76. The van der Waals surface area contributed by atoms with Gasteiger partial charge in [-0.15, -0.1) is 5.10 Å². The van der Waals surface area contributed by atoms with Crippen molar-refractivity contribution in [2.75, 3.05) is 18.0 Å². The molecule has 2 aromatic heterocycles. The van der Waals surface area contributed by atoms with Crippen LogP contribution in [-0.4, -0.2) is 38.7 Å². The Bertz CT molecular complexity index is 903. The number of halogens is 1. The molecule has 1 fully saturated rings. The summed E-state index contributed by atoms with van der Waals surface area (Å²) in [6.07, 6.45) is 4.18. The van der Waals surface area contributed by atoms with E-state index in [1.807, 2.05) is 0 Å². The van der Waals surface area contributed by atoms with Crippen molar-refractivity contribution < 1.29 is 4.39 Å². The number of benzene rings is 1. The summed E-state index contributed by atoms with van der Waals surface area (Å²) in [7, 11) is 0. The van der Waals surface area contributed by atoms with Gasteiger partial charge >= 0.3 is 5.69 Å². The second-order valence-electron chi connectivity index (χ2n) is 5.91. The Kier molecular flexibility index (Phi) is 3.73. The number of rotatable bonds is 4. The average molecular weight is 328 g/mol. The van der Waals surface area contributed by atoms with Crippen LogP contribution in [-0.2, 0) is 6.54 Å². The minimum Gasteiger partial charge on any atom is -0.352 e. The van der Waals surface area contributed by atoms with Crippen LogP contribution in [0.5, 0.6) is 0 Å². The van der Waals surface area contributed by atoms with Gasteiger partial charge in [-0.1, -0.05) is 12.1 Å². The van der Waals surface area contributed by atoms with E-state index < -0.39 is 0 Å². The molecule has 0 unspecified atom stereocenters. The van der Waals surface area contributed by atoms with Crippen LogP contribution < -0.4 is 15.9 Å². The van der Waals surface area contributed by atoms with Gasteiger partial charge in [0, 0.05) is 38.1 Å². The summed E-state index contributed by atoms with van der Waals surface area (Å²) in [5, 5.41) is 9.98. The highest BCUT2D eigenvalue weighted by molar-refractivity contribution is 5.63. The quantitative estimate of drug-likeness (QED) is 0.745. The van der Waals surface area contributed by atoms with Gasteiger partial charge in [-0.2, -0.15) is 0 Å². The highest BCUT2D eigenvalue weighted by Gasteiger charge is 2.25. The van der Waals surface area contributed by atoms with Gasteiger partial charge in [0.15, 0.2) is 5.82 Å². The minimum atomic E-state index is -0.265. The van der Waals surface area contributed by atoms with Gasteiger partial charge in [0.25, 0.3) is 0 Å². The van der Waals surface area contributed by atoms with Gasteiger partial charge in [-0.3, -0.25) is 0 Å². The monoisotopic (exact) mass is 328 g/mol. The van der Waals surface area contributed by atoms with E-state index in [0.29, 0.717) is 24.1 Å². The summed E-state index contributed by atoms with van der Waals surface area (Å²) in [5.41, 5.74) is 1.33. The average Bonchev–Trinajstić information content (AvgIpc) is 3.22. The maximum absolute atomic E-state index is 12.9. The van der Waals surface area contributed by atoms with E-state index in [2.05, 4.69) is 25.4 Å².